The first kappa shape index (κ1) is 14.1. The molecule has 1 aromatic carbocycles. The first-order valence-corrected chi connectivity index (χ1v) is 6.41. The number of halogens is 3. The van der Waals surface area contributed by atoms with Crippen LogP contribution in [0, 0.1) is 0 Å². The summed E-state index contributed by atoms with van der Waals surface area (Å²) < 4.78 is 5.30. The lowest BCUT2D eigenvalue weighted by molar-refractivity contribution is 0.0921. The Kier molecular flexibility index (Phi) is 4.64. The van der Waals surface area contributed by atoms with Crippen molar-refractivity contribution in [3.63, 3.8) is 0 Å². The molecule has 2 rings (SSSR count). The Hall–Kier alpha value is -1.29. The van der Waals surface area contributed by atoms with Crippen LogP contribution < -0.4 is 4.74 Å². The molecule has 0 saturated carbocycles. The fourth-order valence-electron chi connectivity index (χ4n) is 1.41. The van der Waals surface area contributed by atoms with Gasteiger partial charge in [0.25, 0.3) is 0 Å². The Bertz CT molecular complexity index is 617. The number of carbonyl (C=O) groups excluding carboxylic acids is 1. The number of ketones is 1. The summed E-state index contributed by atoms with van der Waals surface area (Å²) in [4.78, 5) is 15.8. The number of Topliss-reactive ketones (excluding diaryl/α,β-unsaturated/α-hetero) is 1. The van der Waals surface area contributed by atoms with E-state index in [4.69, 9.17) is 39.5 Å². The predicted molar refractivity (Wildman–Crippen MR) is 75.5 cm³/mol. The summed E-state index contributed by atoms with van der Waals surface area (Å²) in [7, 11) is 0. The van der Waals surface area contributed by atoms with E-state index in [-0.39, 0.29) is 12.4 Å². The van der Waals surface area contributed by atoms with E-state index >= 15 is 0 Å². The topological polar surface area (TPSA) is 39.2 Å². The van der Waals surface area contributed by atoms with Gasteiger partial charge in [-0.15, -0.1) is 0 Å². The lowest BCUT2D eigenvalue weighted by Gasteiger charge is -2.07. The van der Waals surface area contributed by atoms with Crippen LogP contribution in [-0.4, -0.2) is 17.4 Å². The number of hydrogen-bond acceptors (Lipinski definition) is 3. The Labute approximate surface area is 125 Å². The minimum absolute atomic E-state index is 0.165. The molecule has 6 heteroatoms. The van der Waals surface area contributed by atoms with E-state index in [9.17, 15) is 4.79 Å². The predicted octanol–water partition coefficient (Wildman–Crippen LogP) is 4.30. The van der Waals surface area contributed by atoms with Gasteiger partial charge in [0.05, 0.1) is 16.2 Å². The molecule has 0 radical (unpaired) electrons. The van der Waals surface area contributed by atoms with Crippen molar-refractivity contribution < 1.29 is 9.53 Å². The largest absolute Gasteiger partial charge is 0.484 e. The highest BCUT2D eigenvalue weighted by Gasteiger charge is 2.12. The number of hydrogen-bond donors (Lipinski definition) is 0. The second-order valence-corrected chi connectivity index (χ2v) is 4.95. The van der Waals surface area contributed by atoms with Gasteiger partial charge in [-0.3, -0.25) is 9.78 Å². The molecule has 98 valence electrons. The van der Waals surface area contributed by atoms with Crippen molar-refractivity contribution in [3.8, 4) is 5.75 Å². The third kappa shape index (κ3) is 3.83. The first-order chi connectivity index (χ1) is 9.06. The van der Waals surface area contributed by atoms with Crippen LogP contribution in [0.1, 0.15) is 10.4 Å². The number of nitrogens with zero attached hydrogens (tertiary/aromatic N) is 1. The molecular weight excluding hydrogens is 309 g/mol. The SMILES string of the molecule is O=C(COc1cncc(Cl)c1)c1cc(Cl)ccc1Cl. The molecule has 1 heterocycles. The van der Waals surface area contributed by atoms with E-state index in [0.717, 1.165) is 0 Å². The third-order valence-electron chi connectivity index (χ3n) is 2.28. The average molecular weight is 317 g/mol. The lowest BCUT2D eigenvalue weighted by Crippen LogP contribution is -2.12. The van der Waals surface area contributed by atoms with Crippen molar-refractivity contribution in [2.24, 2.45) is 0 Å². The molecule has 0 amide bonds. The zero-order chi connectivity index (χ0) is 13.8. The number of aromatic nitrogens is 1. The summed E-state index contributed by atoms with van der Waals surface area (Å²) in [6, 6.07) is 6.26. The van der Waals surface area contributed by atoms with Crippen molar-refractivity contribution in [2.45, 2.75) is 0 Å². The van der Waals surface area contributed by atoms with Gasteiger partial charge in [-0.25, -0.2) is 0 Å². The molecule has 0 aliphatic carbocycles. The summed E-state index contributed by atoms with van der Waals surface area (Å²) in [6.07, 6.45) is 2.95. The van der Waals surface area contributed by atoms with Crippen LogP contribution >= 0.6 is 34.8 Å². The van der Waals surface area contributed by atoms with Crippen LogP contribution in [-0.2, 0) is 0 Å². The molecule has 0 fully saturated rings. The van der Waals surface area contributed by atoms with Crippen LogP contribution in [0.15, 0.2) is 36.7 Å². The summed E-state index contributed by atoms with van der Waals surface area (Å²) in [6.45, 7) is -0.165. The van der Waals surface area contributed by atoms with Crippen molar-refractivity contribution in [3.05, 3.63) is 57.3 Å². The second kappa shape index (κ2) is 6.24. The van der Waals surface area contributed by atoms with Gasteiger partial charge >= 0.3 is 0 Å². The van der Waals surface area contributed by atoms with Crippen molar-refractivity contribution >= 4 is 40.6 Å². The maximum atomic E-state index is 12.0. The van der Waals surface area contributed by atoms with Crippen LogP contribution in [0.4, 0.5) is 0 Å². The molecule has 0 spiro atoms. The minimum atomic E-state index is -0.271. The quantitative estimate of drug-likeness (QED) is 0.789. The normalized spacial score (nSPS) is 10.3. The van der Waals surface area contributed by atoms with Crippen molar-refractivity contribution in [1.29, 1.82) is 0 Å². The zero-order valence-electron chi connectivity index (χ0n) is 9.57. The molecule has 0 N–H and O–H groups in total. The molecule has 2 aromatic rings. The Morgan fingerprint density at radius 3 is 2.63 bits per heavy atom. The summed E-state index contributed by atoms with van der Waals surface area (Å²) in [5, 5.41) is 1.21. The fourth-order valence-corrected chi connectivity index (χ4v) is 1.97. The summed E-state index contributed by atoms with van der Waals surface area (Å²) >= 11 is 17.5. The smallest absolute Gasteiger partial charge is 0.201 e. The van der Waals surface area contributed by atoms with Gasteiger partial charge in [-0.2, -0.15) is 0 Å². The number of ether oxygens (including phenoxy) is 1. The second-order valence-electron chi connectivity index (χ2n) is 3.67. The third-order valence-corrected chi connectivity index (χ3v) is 3.05. The molecule has 3 nitrogen and oxygen atoms in total. The van der Waals surface area contributed by atoms with Gasteiger partial charge in [0.15, 0.2) is 6.61 Å². The maximum Gasteiger partial charge on any atom is 0.201 e. The number of rotatable bonds is 4. The molecule has 0 aliphatic heterocycles. The van der Waals surface area contributed by atoms with Gasteiger partial charge in [-0.05, 0) is 18.2 Å². The Morgan fingerprint density at radius 2 is 1.89 bits per heavy atom. The maximum absolute atomic E-state index is 12.0. The minimum Gasteiger partial charge on any atom is -0.484 e. The van der Waals surface area contributed by atoms with Crippen LogP contribution in [0.5, 0.6) is 5.75 Å². The van der Waals surface area contributed by atoms with E-state index in [1.165, 1.54) is 18.5 Å². The van der Waals surface area contributed by atoms with Crippen molar-refractivity contribution in [1.82, 2.24) is 4.98 Å². The molecule has 0 saturated heterocycles. The zero-order valence-corrected chi connectivity index (χ0v) is 11.8. The molecule has 0 unspecified atom stereocenters. The Morgan fingerprint density at radius 1 is 1.11 bits per heavy atom. The summed E-state index contributed by atoms with van der Waals surface area (Å²) in [5.41, 5.74) is 0.323. The van der Waals surface area contributed by atoms with E-state index in [1.807, 2.05) is 0 Å². The molecular formula is C13H8Cl3NO2. The highest BCUT2D eigenvalue weighted by molar-refractivity contribution is 6.36. The van der Waals surface area contributed by atoms with E-state index < -0.39 is 0 Å². The van der Waals surface area contributed by atoms with Crippen LogP contribution in [0.2, 0.25) is 15.1 Å². The lowest BCUT2D eigenvalue weighted by atomic mass is 10.1. The molecule has 1 aromatic heterocycles. The van der Waals surface area contributed by atoms with Gasteiger partial charge in [0.2, 0.25) is 5.78 Å². The molecule has 19 heavy (non-hydrogen) atoms. The van der Waals surface area contributed by atoms with Gasteiger partial charge in [-0.1, -0.05) is 34.8 Å². The fraction of sp³-hybridized carbons (Fsp3) is 0.0769. The first-order valence-electron chi connectivity index (χ1n) is 5.28. The number of carbonyl (C=O) groups is 1. The van der Waals surface area contributed by atoms with E-state index in [2.05, 4.69) is 4.98 Å². The van der Waals surface area contributed by atoms with Crippen LogP contribution in [0.3, 0.4) is 0 Å². The van der Waals surface area contributed by atoms with Gasteiger partial charge < -0.3 is 4.74 Å². The van der Waals surface area contributed by atoms with E-state index in [0.29, 0.717) is 26.4 Å². The monoisotopic (exact) mass is 315 g/mol. The number of pyridine rings is 1. The number of benzene rings is 1. The van der Waals surface area contributed by atoms with Crippen molar-refractivity contribution in [2.75, 3.05) is 6.61 Å². The Balaban J connectivity index is 2.07. The highest BCUT2D eigenvalue weighted by atomic mass is 35.5. The van der Waals surface area contributed by atoms with E-state index in [1.54, 1.807) is 18.2 Å². The molecule has 0 atom stereocenters. The summed E-state index contributed by atoms with van der Waals surface area (Å²) in [5.74, 6) is 0.145. The van der Waals surface area contributed by atoms with Gasteiger partial charge in [0.1, 0.15) is 5.75 Å². The average Bonchev–Trinajstić information content (AvgIpc) is 2.39. The molecule has 0 bridgehead atoms. The molecule has 0 aliphatic rings. The highest BCUT2D eigenvalue weighted by Crippen LogP contribution is 2.22. The standard InChI is InChI=1S/C13H8Cl3NO2/c14-8-1-2-12(16)11(4-8)13(18)7-19-10-3-9(15)5-17-6-10/h1-6H,7H2. The van der Waals surface area contributed by atoms with Crippen LogP contribution in [0.25, 0.3) is 0 Å². The van der Waals surface area contributed by atoms with Gasteiger partial charge in [0, 0.05) is 22.8 Å².